The molecule has 0 aliphatic heterocycles. The average Bonchev–Trinajstić information content (AvgIpc) is 2.97. The number of rotatable bonds is 5. The molecule has 1 amide bonds. The summed E-state index contributed by atoms with van der Waals surface area (Å²) in [5.74, 6) is -0.166. The number of carbonyl (C=O) groups is 2. The molecule has 0 spiro atoms. The Balaban J connectivity index is 2.29. The number of ketones is 1. The minimum atomic E-state index is -0.159. The highest BCUT2D eigenvalue weighted by molar-refractivity contribution is 7.12. The number of thiophene rings is 1. The van der Waals surface area contributed by atoms with Crippen LogP contribution in [0.4, 0.5) is 0 Å². The quantitative estimate of drug-likeness (QED) is 0.804. The van der Waals surface area contributed by atoms with Gasteiger partial charge < -0.3 is 10.3 Å². The highest BCUT2D eigenvalue weighted by Gasteiger charge is 2.23. The van der Waals surface area contributed by atoms with E-state index in [0.717, 1.165) is 16.8 Å². The number of H-pyrrole nitrogens is 1. The van der Waals surface area contributed by atoms with Crippen LogP contribution < -0.4 is 5.32 Å². The predicted octanol–water partition coefficient (Wildman–Crippen LogP) is 4.26. The minimum Gasteiger partial charge on any atom is -0.354 e. The maximum atomic E-state index is 12.7. The van der Waals surface area contributed by atoms with E-state index in [2.05, 4.69) is 30.2 Å². The number of nitrogens with one attached hydrogen (secondary N) is 2. The fraction of sp³-hybridized carbons (Fsp3) is 0.444. The second-order valence-electron chi connectivity index (χ2n) is 5.95. The van der Waals surface area contributed by atoms with Crippen molar-refractivity contribution in [1.82, 2.24) is 10.3 Å². The molecule has 1 atom stereocenters. The molecule has 0 unspecified atom stereocenters. The number of aromatic amines is 1. The van der Waals surface area contributed by atoms with Gasteiger partial charge in [-0.15, -0.1) is 11.3 Å². The first-order valence-electron chi connectivity index (χ1n) is 7.86. The molecule has 0 saturated carbocycles. The number of aromatic nitrogens is 1. The van der Waals surface area contributed by atoms with E-state index in [4.69, 9.17) is 0 Å². The normalized spacial score (nSPS) is 12.3. The Labute approximate surface area is 141 Å². The Hall–Kier alpha value is -1.88. The lowest BCUT2D eigenvalue weighted by atomic mass is 10.0. The Morgan fingerprint density at radius 3 is 2.43 bits per heavy atom. The number of amides is 1. The Bertz CT molecular complexity index is 755. The molecule has 0 aromatic carbocycles. The van der Waals surface area contributed by atoms with Crippen LogP contribution in [-0.2, 0) is 6.42 Å². The highest BCUT2D eigenvalue weighted by Crippen LogP contribution is 2.27. The third-order valence-electron chi connectivity index (χ3n) is 4.12. The van der Waals surface area contributed by atoms with Crippen LogP contribution in [0.15, 0.2) is 6.07 Å². The second-order valence-corrected chi connectivity index (χ2v) is 7.41. The van der Waals surface area contributed by atoms with Gasteiger partial charge in [0.05, 0.1) is 6.04 Å². The van der Waals surface area contributed by atoms with Gasteiger partial charge in [-0.25, -0.2) is 0 Å². The van der Waals surface area contributed by atoms with Crippen LogP contribution in [0.3, 0.4) is 0 Å². The van der Waals surface area contributed by atoms with Crippen molar-refractivity contribution in [3.05, 3.63) is 43.9 Å². The van der Waals surface area contributed by atoms with Gasteiger partial charge in [-0.05, 0) is 58.2 Å². The lowest BCUT2D eigenvalue weighted by molar-refractivity contribution is 0.0934. The van der Waals surface area contributed by atoms with Crippen molar-refractivity contribution in [1.29, 1.82) is 0 Å². The van der Waals surface area contributed by atoms with Crippen molar-refractivity contribution in [3.63, 3.8) is 0 Å². The largest absolute Gasteiger partial charge is 0.354 e. The summed E-state index contributed by atoms with van der Waals surface area (Å²) in [6, 6.07) is 2.05. The number of hydrogen-bond donors (Lipinski definition) is 2. The van der Waals surface area contributed by atoms with E-state index in [0.29, 0.717) is 17.7 Å². The first kappa shape index (κ1) is 17.5. The third-order valence-corrected chi connectivity index (χ3v) is 5.10. The molecule has 0 fully saturated rings. The van der Waals surface area contributed by atoms with Crippen molar-refractivity contribution >= 4 is 23.0 Å². The lowest BCUT2D eigenvalue weighted by Gasteiger charge is -2.14. The summed E-state index contributed by atoms with van der Waals surface area (Å²) in [6.45, 7) is 11.5. The van der Waals surface area contributed by atoms with E-state index < -0.39 is 0 Å². The predicted molar refractivity (Wildman–Crippen MR) is 94.6 cm³/mol. The average molecular weight is 332 g/mol. The Morgan fingerprint density at radius 1 is 1.30 bits per heavy atom. The van der Waals surface area contributed by atoms with Crippen molar-refractivity contribution < 1.29 is 9.59 Å². The van der Waals surface area contributed by atoms with Gasteiger partial charge in [-0.1, -0.05) is 6.92 Å². The maximum Gasteiger partial charge on any atom is 0.268 e. The summed E-state index contributed by atoms with van der Waals surface area (Å²) in [5.41, 5.74) is 3.86. The van der Waals surface area contributed by atoms with Crippen molar-refractivity contribution in [2.24, 2.45) is 0 Å². The first-order valence-corrected chi connectivity index (χ1v) is 8.68. The minimum absolute atomic E-state index is 0.00741. The van der Waals surface area contributed by atoms with Crippen molar-refractivity contribution in [2.75, 3.05) is 0 Å². The summed E-state index contributed by atoms with van der Waals surface area (Å²) in [7, 11) is 0. The van der Waals surface area contributed by atoms with Gasteiger partial charge in [0.15, 0.2) is 5.78 Å². The zero-order chi connectivity index (χ0) is 17.3. The smallest absolute Gasteiger partial charge is 0.268 e. The Kier molecular flexibility index (Phi) is 5.09. The lowest BCUT2D eigenvalue weighted by Crippen LogP contribution is -2.28. The van der Waals surface area contributed by atoms with E-state index in [1.54, 1.807) is 11.3 Å². The number of aryl methyl sites for hydroxylation is 3. The molecule has 2 rings (SSSR count). The van der Waals surface area contributed by atoms with Crippen LogP contribution >= 0.6 is 11.3 Å². The number of carbonyl (C=O) groups excluding carboxylic acids is 2. The van der Waals surface area contributed by atoms with E-state index in [1.807, 2.05) is 20.8 Å². The summed E-state index contributed by atoms with van der Waals surface area (Å²) in [4.78, 5) is 30.0. The molecule has 124 valence electrons. The summed E-state index contributed by atoms with van der Waals surface area (Å²) >= 11 is 1.73. The molecule has 4 nitrogen and oxygen atoms in total. The van der Waals surface area contributed by atoms with E-state index in [9.17, 15) is 9.59 Å². The topological polar surface area (TPSA) is 62.0 Å². The van der Waals surface area contributed by atoms with Gasteiger partial charge in [0, 0.05) is 21.0 Å². The third kappa shape index (κ3) is 3.39. The molecule has 2 heterocycles. The van der Waals surface area contributed by atoms with Crippen molar-refractivity contribution in [2.45, 2.75) is 54.0 Å². The molecule has 0 saturated heterocycles. The monoisotopic (exact) mass is 332 g/mol. The maximum absolute atomic E-state index is 12.7. The fourth-order valence-electron chi connectivity index (χ4n) is 3.13. The molecule has 5 heteroatoms. The van der Waals surface area contributed by atoms with Gasteiger partial charge in [-0.2, -0.15) is 0 Å². The van der Waals surface area contributed by atoms with Crippen LogP contribution in [0, 0.1) is 20.8 Å². The standard InChI is InChI=1S/C18H24N2O2S/c1-7-14-16(12(5)21)11(4)19-17(14)18(22)20-10(3)15-8-9(2)23-13(15)6/h8,10,19H,7H2,1-6H3,(H,20,22)/t10-/m0/s1. The molecule has 0 bridgehead atoms. The van der Waals surface area contributed by atoms with E-state index in [-0.39, 0.29) is 17.7 Å². The van der Waals surface area contributed by atoms with Gasteiger partial charge in [0.25, 0.3) is 5.91 Å². The number of Topliss-reactive ketones (excluding diaryl/α,β-unsaturated/α-hetero) is 1. The molecule has 0 radical (unpaired) electrons. The molecule has 2 aromatic rings. The van der Waals surface area contributed by atoms with Gasteiger partial charge in [0.2, 0.25) is 0 Å². The molecular formula is C18H24N2O2S. The number of hydrogen-bond acceptors (Lipinski definition) is 3. The molecule has 2 aromatic heterocycles. The van der Waals surface area contributed by atoms with Gasteiger partial charge in [-0.3, -0.25) is 9.59 Å². The zero-order valence-electron chi connectivity index (χ0n) is 14.6. The first-order chi connectivity index (χ1) is 10.8. The molecule has 0 aliphatic rings. The van der Waals surface area contributed by atoms with Crippen LogP contribution in [0.25, 0.3) is 0 Å². The molecule has 0 aliphatic carbocycles. The fourth-order valence-corrected chi connectivity index (χ4v) is 4.15. The van der Waals surface area contributed by atoms with Crippen LogP contribution in [0.1, 0.15) is 74.2 Å². The summed E-state index contributed by atoms with van der Waals surface area (Å²) in [6.07, 6.45) is 0.646. The van der Waals surface area contributed by atoms with Crippen LogP contribution in [-0.4, -0.2) is 16.7 Å². The SMILES string of the molecule is CCc1c(C(=O)N[C@@H](C)c2cc(C)sc2C)[nH]c(C)c1C(C)=O. The van der Waals surface area contributed by atoms with E-state index >= 15 is 0 Å². The van der Waals surface area contributed by atoms with Crippen LogP contribution in [0.2, 0.25) is 0 Å². The van der Waals surface area contributed by atoms with Crippen LogP contribution in [0.5, 0.6) is 0 Å². The molecular weight excluding hydrogens is 308 g/mol. The molecule has 2 N–H and O–H groups in total. The van der Waals surface area contributed by atoms with Gasteiger partial charge >= 0.3 is 0 Å². The zero-order valence-corrected chi connectivity index (χ0v) is 15.4. The highest BCUT2D eigenvalue weighted by atomic mass is 32.1. The van der Waals surface area contributed by atoms with Crippen molar-refractivity contribution in [3.8, 4) is 0 Å². The van der Waals surface area contributed by atoms with Gasteiger partial charge in [0.1, 0.15) is 5.69 Å². The molecule has 23 heavy (non-hydrogen) atoms. The summed E-state index contributed by atoms with van der Waals surface area (Å²) < 4.78 is 0. The second kappa shape index (κ2) is 6.71. The van der Waals surface area contributed by atoms with E-state index in [1.165, 1.54) is 16.7 Å². The summed E-state index contributed by atoms with van der Waals surface area (Å²) in [5, 5.41) is 3.05. The Morgan fingerprint density at radius 2 is 1.96 bits per heavy atom.